The molecule has 0 bridgehead atoms. The summed E-state index contributed by atoms with van der Waals surface area (Å²) in [6, 6.07) is 5.15. The predicted octanol–water partition coefficient (Wildman–Crippen LogP) is 2.11. The molecule has 1 atom stereocenters. The fourth-order valence-corrected chi connectivity index (χ4v) is 1.02. The van der Waals surface area contributed by atoms with E-state index in [4.69, 9.17) is 23.1 Å². The van der Waals surface area contributed by atoms with Gasteiger partial charge >= 0.3 is 0 Å². The van der Waals surface area contributed by atoms with E-state index in [2.05, 4.69) is 6.58 Å². The van der Waals surface area contributed by atoms with Gasteiger partial charge in [-0.3, -0.25) is 0 Å². The Labute approximate surface area is 76.8 Å². The molecule has 0 aromatic heterocycles. The first-order chi connectivity index (χ1) is 5.65. The van der Waals surface area contributed by atoms with Crippen LogP contribution in [0.1, 0.15) is 11.6 Å². The van der Waals surface area contributed by atoms with Gasteiger partial charge in [-0.1, -0.05) is 23.7 Å². The molecule has 0 saturated heterocycles. The van der Waals surface area contributed by atoms with Crippen molar-refractivity contribution in [2.24, 2.45) is 5.73 Å². The fourth-order valence-electron chi connectivity index (χ4n) is 0.906. The number of benzene rings is 1. The molecule has 0 heterocycles. The molecule has 0 radical (unpaired) electrons. The van der Waals surface area contributed by atoms with Crippen molar-refractivity contribution in [2.45, 2.75) is 6.04 Å². The maximum Gasteiger partial charge on any atom is 0.0635 e. The highest BCUT2D eigenvalue weighted by molar-refractivity contribution is 6.33. The standard InChI is InChI=1S/C9H11ClN2/c1-2-8(11)6-3-4-7(10)9(12)5-6/h2-5,8H,1,11-12H2/t8-/m0/s1. The van der Waals surface area contributed by atoms with Crippen molar-refractivity contribution in [2.75, 3.05) is 5.73 Å². The molecule has 3 heteroatoms. The molecule has 0 spiro atoms. The maximum absolute atomic E-state index is 5.74. The van der Waals surface area contributed by atoms with E-state index < -0.39 is 0 Å². The van der Waals surface area contributed by atoms with Crippen molar-refractivity contribution < 1.29 is 0 Å². The van der Waals surface area contributed by atoms with E-state index in [1.807, 2.05) is 6.07 Å². The van der Waals surface area contributed by atoms with E-state index in [-0.39, 0.29) is 6.04 Å². The van der Waals surface area contributed by atoms with Gasteiger partial charge in [0, 0.05) is 6.04 Å². The van der Waals surface area contributed by atoms with E-state index >= 15 is 0 Å². The molecule has 0 fully saturated rings. The van der Waals surface area contributed by atoms with Gasteiger partial charge in [0.1, 0.15) is 0 Å². The molecule has 2 nitrogen and oxygen atoms in total. The molecule has 0 amide bonds. The van der Waals surface area contributed by atoms with Gasteiger partial charge in [-0.15, -0.1) is 6.58 Å². The minimum atomic E-state index is -0.176. The van der Waals surface area contributed by atoms with Crippen LogP contribution in [0.25, 0.3) is 0 Å². The first-order valence-corrected chi connectivity index (χ1v) is 3.96. The topological polar surface area (TPSA) is 52.0 Å². The lowest BCUT2D eigenvalue weighted by Gasteiger charge is -2.07. The lowest BCUT2D eigenvalue weighted by molar-refractivity contribution is 0.915. The lowest BCUT2D eigenvalue weighted by atomic mass is 10.1. The van der Waals surface area contributed by atoms with Gasteiger partial charge in [-0.25, -0.2) is 0 Å². The summed E-state index contributed by atoms with van der Waals surface area (Å²) in [6.45, 7) is 3.59. The molecule has 1 aromatic rings. The zero-order valence-corrected chi connectivity index (χ0v) is 7.38. The lowest BCUT2D eigenvalue weighted by Crippen LogP contribution is -2.06. The summed E-state index contributed by atoms with van der Waals surface area (Å²) in [6.07, 6.45) is 1.66. The predicted molar refractivity (Wildman–Crippen MR) is 53.0 cm³/mol. The highest BCUT2D eigenvalue weighted by Gasteiger charge is 2.02. The Morgan fingerprint density at radius 1 is 1.50 bits per heavy atom. The minimum absolute atomic E-state index is 0.176. The van der Waals surface area contributed by atoms with Crippen molar-refractivity contribution in [1.82, 2.24) is 0 Å². The minimum Gasteiger partial charge on any atom is -0.398 e. The van der Waals surface area contributed by atoms with E-state index in [0.717, 1.165) is 5.56 Å². The Hall–Kier alpha value is -0.990. The average molecular weight is 183 g/mol. The highest BCUT2D eigenvalue weighted by Crippen LogP contribution is 2.22. The van der Waals surface area contributed by atoms with Crippen molar-refractivity contribution in [1.29, 1.82) is 0 Å². The number of nitrogens with two attached hydrogens (primary N) is 2. The molecule has 4 N–H and O–H groups in total. The van der Waals surface area contributed by atoms with Crippen LogP contribution in [0.3, 0.4) is 0 Å². The quantitative estimate of drug-likeness (QED) is 0.544. The fraction of sp³-hybridized carbons (Fsp3) is 0.111. The van der Waals surface area contributed by atoms with Crippen LogP contribution in [-0.4, -0.2) is 0 Å². The summed E-state index contributed by atoms with van der Waals surface area (Å²) in [5.41, 5.74) is 12.8. The third-order valence-electron chi connectivity index (χ3n) is 1.66. The van der Waals surface area contributed by atoms with Crippen LogP contribution in [0, 0.1) is 0 Å². The van der Waals surface area contributed by atoms with Gasteiger partial charge in [0.05, 0.1) is 10.7 Å². The zero-order chi connectivity index (χ0) is 9.14. The molecule has 0 aliphatic heterocycles. The highest BCUT2D eigenvalue weighted by atomic mass is 35.5. The van der Waals surface area contributed by atoms with Crippen LogP contribution in [-0.2, 0) is 0 Å². The van der Waals surface area contributed by atoms with Gasteiger partial charge in [-0.2, -0.15) is 0 Å². The van der Waals surface area contributed by atoms with Crippen LogP contribution in [0.4, 0.5) is 5.69 Å². The number of anilines is 1. The van der Waals surface area contributed by atoms with Crippen LogP contribution in [0.15, 0.2) is 30.9 Å². The van der Waals surface area contributed by atoms with Crippen molar-refractivity contribution in [3.05, 3.63) is 41.4 Å². The van der Waals surface area contributed by atoms with Crippen LogP contribution >= 0.6 is 11.6 Å². The SMILES string of the molecule is C=C[C@H](N)c1ccc(Cl)c(N)c1. The van der Waals surface area contributed by atoms with E-state index in [0.29, 0.717) is 10.7 Å². The summed E-state index contributed by atoms with van der Waals surface area (Å²) >= 11 is 5.74. The first-order valence-electron chi connectivity index (χ1n) is 3.58. The summed E-state index contributed by atoms with van der Waals surface area (Å²) in [5.74, 6) is 0. The number of hydrogen-bond donors (Lipinski definition) is 2. The number of nitrogen functional groups attached to an aromatic ring is 1. The Balaban J connectivity index is 3.04. The molecular formula is C9H11ClN2. The number of halogens is 1. The second-order valence-electron chi connectivity index (χ2n) is 2.54. The third-order valence-corrected chi connectivity index (χ3v) is 2.00. The Kier molecular flexibility index (Phi) is 2.74. The summed E-state index contributed by atoms with van der Waals surface area (Å²) in [4.78, 5) is 0. The van der Waals surface area contributed by atoms with Crippen LogP contribution < -0.4 is 11.5 Å². The molecule has 0 aliphatic carbocycles. The number of hydrogen-bond acceptors (Lipinski definition) is 2. The molecule has 1 rings (SSSR count). The average Bonchev–Trinajstić information content (AvgIpc) is 2.08. The first kappa shape index (κ1) is 9.10. The van der Waals surface area contributed by atoms with E-state index in [9.17, 15) is 0 Å². The van der Waals surface area contributed by atoms with Gasteiger partial charge in [-0.05, 0) is 17.7 Å². The van der Waals surface area contributed by atoms with Gasteiger partial charge in [0.15, 0.2) is 0 Å². The van der Waals surface area contributed by atoms with Gasteiger partial charge < -0.3 is 11.5 Å². The third kappa shape index (κ3) is 1.78. The van der Waals surface area contributed by atoms with Gasteiger partial charge in [0.25, 0.3) is 0 Å². The molecular weight excluding hydrogens is 172 g/mol. The zero-order valence-electron chi connectivity index (χ0n) is 6.63. The molecule has 64 valence electrons. The largest absolute Gasteiger partial charge is 0.398 e. The molecule has 12 heavy (non-hydrogen) atoms. The molecule has 0 saturated carbocycles. The second kappa shape index (κ2) is 3.61. The second-order valence-corrected chi connectivity index (χ2v) is 2.95. The van der Waals surface area contributed by atoms with Crippen LogP contribution in [0.2, 0.25) is 5.02 Å². The number of rotatable bonds is 2. The molecule has 0 aliphatic rings. The Morgan fingerprint density at radius 2 is 2.17 bits per heavy atom. The van der Waals surface area contributed by atoms with Crippen LogP contribution in [0.5, 0.6) is 0 Å². The molecule has 1 aromatic carbocycles. The monoisotopic (exact) mass is 182 g/mol. The molecule has 0 unspecified atom stereocenters. The smallest absolute Gasteiger partial charge is 0.0635 e. The summed E-state index contributed by atoms with van der Waals surface area (Å²) < 4.78 is 0. The van der Waals surface area contributed by atoms with Gasteiger partial charge in [0.2, 0.25) is 0 Å². The Bertz CT molecular complexity index is 297. The van der Waals surface area contributed by atoms with Crippen molar-refractivity contribution in [3.63, 3.8) is 0 Å². The van der Waals surface area contributed by atoms with E-state index in [1.165, 1.54) is 0 Å². The Morgan fingerprint density at radius 3 is 2.67 bits per heavy atom. The summed E-state index contributed by atoms with van der Waals surface area (Å²) in [7, 11) is 0. The van der Waals surface area contributed by atoms with Crippen molar-refractivity contribution in [3.8, 4) is 0 Å². The normalized spacial score (nSPS) is 12.5. The maximum atomic E-state index is 5.74. The van der Waals surface area contributed by atoms with Crippen molar-refractivity contribution >= 4 is 17.3 Å². The summed E-state index contributed by atoms with van der Waals surface area (Å²) in [5, 5.41) is 0.551. The van der Waals surface area contributed by atoms with E-state index in [1.54, 1.807) is 18.2 Å².